The first kappa shape index (κ1) is 8.84. The van der Waals surface area contributed by atoms with Crippen LogP contribution < -0.4 is 10.9 Å². The summed E-state index contributed by atoms with van der Waals surface area (Å²) in [6.45, 7) is 2.84. The number of pyridine rings is 1. The summed E-state index contributed by atoms with van der Waals surface area (Å²) < 4.78 is 1.71. The second-order valence-electron chi connectivity index (χ2n) is 2.67. The van der Waals surface area contributed by atoms with Gasteiger partial charge in [0, 0.05) is 19.8 Å². The van der Waals surface area contributed by atoms with Gasteiger partial charge in [0.1, 0.15) is 5.69 Å². The molecular weight excluding hydrogens is 152 g/mol. The average Bonchev–Trinajstić information content (AvgIpc) is 2.09. The molecule has 0 fully saturated rings. The van der Waals surface area contributed by atoms with Gasteiger partial charge in [-0.2, -0.15) is 0 Å². The third-order valence-corrected chi connectivity index (χ3v) is 1.75. The van der Waals surface area contributed by atoms with Gasteiger partial charge < -0.3 is 9.88 Å². The van der Waals surface area contributed by atoms with Crippen molar-refractivity contribution in [3.8, 4) is 0 Å². The fourth-order valence-corrected chi connectivity index (χ4v) is 1.14. The summed E-state index contributed by atoms with van der Waals surface area (Å²) in [6, 6.07) is 3.66. The Balaban J connectivity index is 3.06. The van der Waals surface area contributed by atoms with Crippen molar-refractivity contribution in [3.63, 3.8) is 0 Å². The Morgan fingerprint density at radius 2 is 2.33 bits per heavy atom. The Bertz CT molecular complexity index is 304. The van der Waals surface area contributed by atoms with Crippen LogP contribution in [0.15, 0.2) is 23.1 Å². The number of nitrogens with one attached hydrogen (secondary N) is 1. The number of rotatable bonds is 3. The molecule has 0 saturated carbocycles. The maximum Gasteiger partial charge on any atom is 0.273 e. The lowest BCUT2D eigenvalue weighted by atomic mass is 10.4. The molecule has 1 N–H and O–H groups in total. The highest BCUT2D eigenvalue weighted by molar-refractivity contribution is 5.39. The molecular formula is C9H14N2O. The largest absolute Gasteiger partial charge is 0.384 e. The molecule has 0 radical (unpaired) electrons. The van der Waals surface area contributed by atoms with Gasteiger partial charge in [0.05, 0.1) is 0 Å². The van der Waals surface area contributed by atoms with E-state index in [1.54, 1.807) is 17.7 Å². The molecule has 0 atom stereocenters. The minimum absolute atomic E-state index is 0.0573. The summed E-state index contributed by atoms with van der Waals surface area (Å²) in [4.78, 5) is 11.5. The molecule has 0 aliphatic heterocycles. The second-order valence-corrected chi connectivity index (χ2v) is 2.67. The van der Waals surface area contributed by atoms with Crippen molar-refractivity contribution in [1.82, 2.24) is 4.57 Å². The fourth-order valence-electron chi connectivity index (χ4n) is 1.14. The summed E-state index contributed by atoms with van der Waals surface area (Å²) in [5, 5.41) is 2.86. The molecule has 0 aliphatic rings. The van der Waals surface area contributed by atoms with Crippen molar-refractivity contribution in [1.29, 1.82) is 0 Å². The minimum atomic E-state index is 0.0573. The van der Waals surface area contributed by atoms with Crippen LogP contribution in [0.25, 0.3) is 0 Å². The van der Waals surface area contributed by atoms with Crippen LogP contribution in [0.3, 0.4) is 0 Å². The van der Waals surface area contributed by atoms with E-state index in [2.05, 4.69) is 12.2 Å². The van der Waals surface area contributed by atoms with Crippen molar-refractivity contribution < 1.29 is 0 Å². The van der Waals surface area contributed by atoms with Crippen LogP contribution in [0.1, 0.15) is 13.3 Å². The second kappa shape index (κ2) is 3.95. The number of aryl methyl sites for hydroxylation is 1. The van der Waals surface area contributed by atoms with Crippen molar-refractivity contribution >= 4 is 5.69 Å². The predicted molar refractivity (Wildman–Crippen MR) is 50.5 cm³/mol. The lowest BCUT2D eigenvalue weighted by Gasteiger charge is -2.05. The summed E-state index contributed by atoms with van der Waals surface area (Å²) in [5.74, 6) is 0. The third-order valence-electron chi connectivity index (χ3n) is 1.75. The standard InChI is InChI=1S/C9H14N2O/c1-3-6-11-7-4-5-8(10-2)9(11)12/h4-5,7,10H,3,6H2,1-2H3. The number of aromatic nitrogens is 1. The van der Waals surface area contributed by atoms with Crippen LogP contribution >= 0.6 is 0 Å². The molecule has 0 bridgehead atoms. The number of anilines is 1. The molecule has 1 heterocycles. The molecule has 66 valence electrons. The van der Waals surface area contributed by atoms with E-state index in [1.165, 1.54) is 0 Å². The van der Waals surface area contributed by atoms with Gasteiger partial charge in [0.25, 0.3) is 5.56 Å². The molecule has 3 nitrogen and oxygen atoms in total. The van der Waals surface area contributed by atoms with Gasteiger partial charge in [0.15, 0.2) is 0 Å². The van der Waals surface area contributed by atoms with Gasteiger partial charge >= 0.3 is 0 Å². The van der Waals surface area contributed by atoms with Crippen LogP contribution in [0.5, 0.6) is 0 Å². The topological polar surface area (TPSA) is 34.0 Å². The average molecular weight is 166 g/mol. The zero-order chi connectivity index (χ0) is 8.97. The monoisotopic (exact) mass is 166 g/mol. The van der Waals surface area contributed by atoms with E-state index in [-0.39, 0.29) is 5.56 Å². The van der Waals surface area contributed by atoms with Crippen LogP contribution in [0.4, 0.5) is 5.69 Å². The normalized spacial score (nSPS) is 9.83. The Labute approximate surface area is 72.0 Å². The molecule has 12 heavy (non-hydrogen) atoms. The zero-order valence-corrected chi connectivity index (χ0v) is 7.50. The number of nitrogens with zero attached hydrogens (tertiary/aromatic N) is 1. The Morgan fingerprint density at radius 3 is 2.92 bits per heavy atom. The van der Waals surface area contributed by atoms with Crippen LogP contribution in [-0.4, -0.2) is 11.6 Å². The van der Waals surface area contributed by atoms with Crippen molar-refractivity contribution in [3.05, 3.63) is 28.7 Å². The van der Waals surface area contributed by atoms with Crippen molar-refractivity contribution in [2.45, 2.75) is 19.9 Å². The molecule has 0 unspecified atom stereocenters. The Hall–Kier alpha value is -1.25. The van der Waals surface area contributed by atoms with Gasteiger partial charge in [0.2, 0.25) is 0 Å². The molecule has 1 aromatic heterocycles. The van der Waals surface area contributed by atoms with Crippen molar-refractivity contribution in [2.24, 2.45) is 0 Å². The minimum Gasteiger partial charge on any atom is -0.384 e. The van der Waals surface area contributed by atoms with Crippen LogP contribution in [0, 0.1) is 0 Å². The van der Waals surface area contributed by atoms with Crippen molar-refractivity contribution in [2.75, 3.05) is 12.4 Å². The van der Waals surface area contributed by atoms with E-state index in [0.717, 1.165) is 13.0 Å². The highest BCUT2D eigenvalue weighted by Crippen LogP contribution is 1.96. The van der Waals surface area contributed by atoms with Crippen LogP contribution in [0.2, 0.25) is 0 Å². The van der Waals surface area contributed by atoms with E-state index in [9.17, 15) is 4.79 Å². The molecule has 1 aromatic rings. The summed E-state index contributed by atoms with van der Waals surface area (Å²) in [7, 11) is 1.76. The maximum absolute atomic E-state index is 11.5. The molecule has 0 spiro atoms. The first-order valence-electron chi connectivity index (χ1n) is 4.16. The van der Waals surface area contributed by atoms with E-state index in [4.69, 9.17) is 0 Å². The first-order valence-corrected chi connectivity index (χ1v) is 4.16. The van der Waals surface area contributed by atoms with Gasteiger partial charge in [-0.25, -0.2) is 0 Å². The third kappa shape index (κ3) is 1.67. The first-order chi connectivity index (χ1) is 5.79. The highest BCUT2D eigenvalue weighted by Gasteiger charge is 1.98. The summed E-state index contributed by atoms with van der Waals surface area (Å²) in [6.07, 6.45) is 2.79. The molecule has 0 saturated heterocycles. The number of hydrogen-bond acceptors (Lipinski definition) is 2. The molecule has 0 aliphatic carbocycles. The Kier molecular flexibility index (Phi) is 2.91. The quantitative estimate of drug-likeness (QED) is 0.734. The van der Waals surface area contributed by atoms with E-state index < -0.39 is 0 Å². The van der Waals surface area contributed by atoms with Gasteiger partial charge in [-0.3, -0.25) is 4.79 Å². The van der Waals surface area contributed by atoms with Crippen LogP contribution in [-0.2, 0) is 6.54 Å². The SMILES string of the molecule is CCCn1cccc(NC)c1=O. The van der Waals surface area contributed by atoms with E-state index in [1.807, 2.05) is 12.3 Å². The smallest absolute Gasteiger partial charge is 0.273 e. The molecule has 1 rings (SSSR count). The van der Waals surface area contributed by atoms with E-state index >= 15 is 0 Å². The summed E-state index contributed by atoms with van der Waals surface area (Å²) in [5.41, 5.74) is 0.716. The van der Waals surface area contributed by atoms with Gasteiger partial charge in [-0.1, -0.05) is 6.92 Å². The number of hydrogen-bond donors (Lipinski definition) is 1. The lowest BCUT2D eigenvalue weighted by molar-refractivity contribution is 0.655. The van der Waals surface area contributed by atoms with E-state index in [0.29, 0.717) is 5.69 Å². The van der Waals surface area contributed by atoms with Gasteiger partial charge in [-0.15, -0.1) is 0 Å². The molecule has 0 amide bonds. The maximum atomic E-state index is 11.5. The molecule has 0 aromatic carbocycles. The van der Waals surface area contributed by atoms with Gasteiger partial charge in [-0.05, 0) is 18.6 Å². The molecule has 3 heteroatoms. The Morgan fingerprint density at radius 1 is 1.58 bits per heavy atom. The highest BCUT2D eigenvalue weighted by atomic mass is 16.1. The lowest BCUT2D eigenvalue weighted by Crippen LogP contribution is -2.21. The fraction of sp³-hybridized carbons (Fsp3) is 0.444. The zero-order valence-electron chi connectivity index (χ0n) is 7.50. The predicted octanol–water partition coefficient (Wildman–Crippen LogP) is 1.30. The summed E-state index contributed by atoms with van der Waals surface area (Å²) >= 11 is 0.